The topological polar surface area (TPSA) is 27.3 Å². The van der Waals surface area contributed by atoms with E-state index in [0.29, 0.717) is 6.04 Å². The second-order valence-corrected chi connectivity index (χ2v) is 7.38. The number of nitrogens with zero attached hydrogens (tertiary/aromatic N) is 1. The molecule has 1 atom stereocenters. The number of hydrogen-bond acceptors (Lipinski definition) is 3. The van der Waals surface area contributed by atoms with Crippen LogP contribution in [0.2, 0.25) is 0 Å². The molecule has 148 valence electrons. The standard InChI is InChI=1S/C22H29N3.2ClH/c1-2-5-18(6-3-1)17-24-21-11-9-20(10-12-21)22(19-7-4-8-19)25-15-13-23-14-16-25;;/h1-3,5-6,9-12,19,22-24H,4,7-8,13-17H2;2*1H/t22-;;/m0../s1. The van der Waals surface area contributed by atoms with Crippen LogP contribution in [-0.2, 0) is 6.54 Å². The van der Waals surface area contributed by atoms with Gasteiger partial charge < -0.3 is 10.6 Å². The average molecular weight is 408 g/mol. The number of nitrogens with one attached hydrogen (secondary N) is 2. The van der Waals surface area contributed by atoms with E-state index in [1.54, 1.807) is 0 Å². The third kappa shape index (κ3) is 5.61. The summed E-state index contributed by atoms with van der Waals surface area (Å²) < 4.78 is 0. The van der Waals surface area contributed by atoms with Gasteiger partial charge in [-0.15, -0.1) is 24.8 Å². The summed E-state index contributed by atoms with van der Waals surface area (Å²) in [6, 6.07) is 20.4. The fourth-order valence-corrected chi connectivity index (χ4v) is 4.10. The maximum absolute atomic E-state index is 3.54. The highest BCUT2D eigenvalue weighted by Gasteiger charge is 2.33. The van der Waals surface area contributed by atoms with Crippen LogP contribution in [0.4, 0.5) is 5.69 Å². The van der Waals surface area contributed by atoms with Crippen molar-refractivity contribution in [1.82, 2.24) is 10.2 Å². The van der Waals surface area contributed by atoms with Gasteiger partial charge in [-0.1, -0.05) is 48.9 Å². The van der Waals surface area contributed by atoms with Gasteiger partial charge in [0.25, 0.3) is 0 Å². The summed E-state index contributed by atoms with van der Waals surface area (Å²) in [7, 11) is 0. The maximum atomic E-state index is 3.54. The average Bonchev–Trinajstić information content (AvgIpc) is 2.65. The second kappa shape index (κ2) is 10.9. The molecule has 0 amide bonds. The molecule has 1 saturated heterocycles. The Balaban J connectivity index is 0.00000131. The minimum Gasteiger partial charge on any atom is -0.381 e. The van der Waals surface area contributed by atoms with Gasteiger partial charge in [0.2, 0.25) is 0 Å². The Morgan fingerprint density at radius 3 is 2.19 bits per heavy atom. The summed E-state index contributed by atoms with van der Waals surface area (Å²) >= 11 is 0. The van der Waals surface area contributed by atoms with Crippen molar-refractivity contribution in [1.29, 1.82) is 0 Å². The molecule has 1 aliphatic carbocycles. The van der Waals surface area contributed by atoms with Crippen LogP contribution in [0.5, 0.6) is 0 Å². The van der Waals surface area contributed by atoms with E-state index in [2.05, 4.69) is 70.1 Å². The van der Waals surface area contributed by atoms with Gasteiger partial charge in [-0.2, -0.15) is 0 Å². The third-order valence-electron chi connectivity index (χ3n) is 5.73. The van der Waals surface area contributed by atoms with E-state index < -0.39 is 0 Å². The molecule has 0 radical (unpaired) electrons. The Bertz CT molecular complexity index is 653. The van der Waals surface area contributed by atoms with Crippen molar-refractivity contribution in [3.05, 3.63) is 65.7 Å². The van der Waals surface area contributed by atoms with Crippen LogP contribution in [0.1, 0.15) is 36.4 Å². The van der Waals surface area contributed by atoms with Crippen molar-refractivity contribution >= 4 is 30.5 Å². The Hall–Kier alpha value is -1.26. The molecule has 3 nitrogen and oxygen atoms in total. The molecule has 4 rings (SSSR count). The molecule has 27 heavy (non-hydrogen) atoms. The first-order valence-electron chi connectivity index (χ1n) is 9.73. The van der Waals surface area contributed by atoms with Crippen molar-refractivity contribution in [2.24, 2.45) is 5.92 Å². The zero-order valence-electron chi connectivity index (χ0n) is 15.8. The van der Waals surface area contributed by atoms with E-state index in [1.165, 1.54) is 49.2 Å². The number of rotatable bonds is 6. The molecule has 0 bridgehead atoms. The third-order valence-corrected chi connectivity index (χ3v) is 5.73. The quantitative estimate of drug-likeness (QED) is 0.713. The summed E-state index contributed by atoms with van der Waals surface area (Å²) in [5, 5.41) is 7.03. The van der Waals surface area contributed by atoms with Gasteiger partial charge in [-0.3, -0.25) is 4.90 Å². The van der Waals surface area contributed by atoms with Crippen molar-refractivity contribution in [2.75, 3.05) is 31.5 Å². The molecular weight excluding hydrogens is 377 g/mol. The van der Waals surface area contributed by atoms with Crippen LogP contribution in [0.15, 0.2) is 54.6 Å². The van der Waals surface area contributed by atoms with Crippen LogP contribution in [-0.4, -0.2) is 31.1 Å². The SMILES string of the molecule is Cl.Cl.c1ccc(CNc2ccc([C@H](C3CCC3)N3CCNCC3)cc2)cc1. The summed E-state index contributed by atoms with van der Waals surface area (Å²) in [5.74, 6) is 0.848. The maximum Gasteiger partial charge on any atom is 0.0400 e. The van der Waals surface area contributed by atoms with Crippen molar-refractivity contribution in [2.45, 2.75) is 31.8 Å². The Labute approximate surface area is 175 Å². The first kappa shape index (κ1) is 22.0. The van der Waals surface area contributed by atoms with Gasteiger partial charge in [-0.25, -0.2) is 0 Å². The highest BCUT2D eigenvalue weighted by molar-refractivity contribution is 5.85. The van der Waals surface area contributed by atoms with E-state index in [4.69, 9.17) is 0 Å². The zero-order chi connectivity index (χ0) is 16.9. The minimum atomic E-state index is 0. The van der Waals surface area contributed by atoms with Crippen molar-refractivity contribution in [3.63, 3.8) is 0 Å². The lowest BCUT2D eigenvalue weighted by Gasteiger charge is -2.43. The molecule has 1 heterocycles. The fraction of sp³-hybridized carbons (Fsp3) is 0.455. The van der Waals surface area contributed by atoms with E-state index in [0.717, 1.165) is 25.6 Å². The molecule has 5 heteroatoms. The Morgan fingerprint density at radius 1 is 0.926 bits per heavy atom. The van der Waals surface area contributed by atoms with Gasteiger partial charge in [0.1, 0.15) is 0 Å². The summed E-state index contributed by atoms with van der Waals surface area (Å²) in [4.78, 5) is 2.70. The van der Waals surface area contributed by atoms with Gasteiger partial charge >= 0.3 is 0 Å². The molecule has 0 spiro atoms. The molecule has 1 saturated carbocycles. The number of benzene rings is 2. The molecule has 0 aromatic heterocycles. The van der Waals surface area contributed by atoms with Crippen molar-refractivity contribution in [3.8, 4) is 0 Å². The van der Waals surface area contributed by atoms with E-state index in [1.807, 2.05) is 0 Å². The summed E-state index contributed by atoms with van der Waals surface area (Å²) in [5.41, 5.74) is 4.02. The highest BCUT2D eigenvalue weighted by Crippen LogP contribution is 2.41. The first-order valence-corrected chi connectivity index (χ1v) is 9.73. The minimum absolute atomic E-state index is 0. The normalized spacial score (nSPS) is 18.5. The van der Waals surface area contributed by atoms with E-state index in [9.17, 15) is 0 Å². The van der Waals surface area contributed by atoms with Gasteiger partial charge in [0.05, 0.1) is 0 Å². The van der Waals surface area contributed by atoms with Crippen molar-refractivity contribution < 1.29 is 0 Å². The monoisotopic (exact) mass is 407 g/mol. The lowest BCUT2D eigenvalue weighted by Crippen LogP contribution is -2.47. The molecule has 2 N–H and O–H groups in total. The molecule has 2 aromatic carbocycles. The van der Waals surface area contributed by atoms with E-state index in [-0.39, 0.29) is 24.8 Å². The van der Waals surface area contributed by atoms with Crippen LogP contribution in [0.25, 0.3) is 0 Å². The van der Waals surface area contributed by atoms with Crippen LogP contribution in [0, 0.1) is 5.92 Å². The smallest absolute Gasteiger partial charge is 0.0400 e. The van der Waals surface area contributed by atoms with Gasteiger partial charge in [0.15, 0.2) is 0 Å². The second-order valence-electron chi connectivity index (χ2n) is 7.38. The highest BCUT2D eigenvalue weighted by atomic mass is 35.5. The van der Waals surface area contributed by atoms with E-state index >= 15 is 0 Å². The lowest BCUT2D eigenvalue weighted by atomic mass is 9.76. The Morgan fingerprint density at radius 2 is 1.59 bits per heavy atom. The number of hydrogen-bond donors (Lipinski definition) is 2. The van der Waals surface area contributed by atoms with Gasteiger partial charge in [0, 0.05) is 44.5 Å². The molecule has 2 fully saturated rings. The molecule has 0 unspecified atom stereocenters. The number of anilines is 1. The fourth-order valence-electron chi connectivity index (χ4n) is 4.10. The number of halogens is 2. The lowest BCUT2D eigenvalue weighted by molar-refractivity contribution is 0.0837. The largest absolute Gasteiger partial charge is 0.381 e. The van der Waals surface area contributed by atoms with Gasteiger partial charge in [-0.05, 0) is 42.0 Å². The Kier molecular flexibility index (Phi) is 8.91. The van der Waals surface area contributed by atoms with Crippen LogP contribution < -0.4 is 10.6 Å². The number of piperazine rings is 1. The molecule has 2 aliphatic rings. The van der Waals surface area contributed by atoms with Crippen LogP contribution in [0.3, 0.4) is 0 Å². The summed E-state index contributed by atoms with van der Waals surface area (Å²) in [6.07, 6.45) is 4.19. The zero-order valence-corrected chi connectivity index (χ0v) is 17.4. The predicted molar refractivity (Wildman–Crippen MR) is 119 cm³/mol. The predicted octanol–water partition coefficient (Wildman–Crippen LogP) is 4.89. The summed E-state index contributed by atoms with van der Waals surface area (Å²) in [6.45, 7) is 5.48. The first-order chi connectivity index (χ1) is 12.4. The molecule has 2 aromatic rings. The molecule has 1 aliphatic heterocycles. The van der Waals surface area contributed by atoms with Crippen LogP contribution >= 0.6 is 24.8 Å². The molecular formula is C22H31Cl2N3.